The normalized spacial score (nSPS) is 10.4. The topological polar surface area (TPSA) is 30.7 Å². The van der Waals surface area contributed by atoms with Crippen molar-refractivity contribution in [2.45, 2.75) is 0 Å². The number of hydrogen-bond donors (Lipinski definition) is 0. The van der Waals surface area contributed by atoms with Gasteiger partial charge >= 0.3 is 0 Å². The van der Waals surface area contributed by atoms with E-state index in [-0.39, 0.29) is 0 Å². The molecule has 0 aliphatic heterocycles. The van der Waals surface area contributed by atoms with Gasteiger partial charge in [0.05, 0.1) is 11.9 Å². The van der Waals surface area contributed by atoms with Crippen LogP contribution >= 0.6 is 0 Å². The van der Waals surface area contributed by atoms with Gasteiger partial charge in [0.2, 0.25) is 0 Å². The van der Waals surface area contributed by atoms with Gasteiger partial charge in [0, 0.05) is 5.56 Å². The van der Waals surface area contributed by atoms with Crippen LogP contribution in [0.2, 0.25) is 0 Å². The predicted octanol–water partition coefficient (Wildman–Crippen LogP) is 1.19. The van der Waals surface area contributed by atoms with Crippen molar-refractivity contribution in [3.8, 4) is 16.9 Å². The zero-order valence-corrected chi connectivity index (χ0v) is 10.1. The second kappa shape index (κ2) is 4.49. The highest BCUT2D eigenvalue weighted by atomic mass is 15.4. The molecule has 3 nitrogen and oxygen atoms in total. The number of nitrogens with zero attached hydrogens (tertiary/aromatic N) is 3. The van der Waals surface area contributed by atoms with Crippen molar-refractivity contribution >= 4 is 13.3 Å². The molecule has 0 aliphatic carbocycles. The van der Waals surface area contributed by atoms with Crippen molar-refractivity contribution in [1.82, 2.24) is 15.0 Å². The third kappa shape index (κ3) is 2.05. The van der Waals surface area contributed by atoms with Gasteiger partial charge in [-0.1, -0.05) is 53.1 Å². The average molecular weight is 233 g/mol. The minimum Gasteiger partial charge on any atom is -0.220 e. The average Bonchev–Trinajstić information content (AvgIpc) is 2.90. The number of benzene rings is 2. The fourth-order valence-electron chi connectivity index (χ4n) is 1.83. The van der Waals surface area contributed by atoms with E-state index in [2.05, 4.69) is 42.4 Å². The Morgan fingerprint density at radius 3 is 2.33 bits per heavy atom. The van der Waals surface area contributed by atoms with Crippen molar-refractivity contribution in [3.63, 3.8) is 0 Å². The fourth-order valence-corrected chi connectivity index (χ4v) is 1.83. The summed E-state index contributed by atoms with van der Waals surface area (Å²) in [5.41, 5.74) is 4.24. The zero-order chi connectivity index (χ0) is 12.4. The van der Waals surface area contributed by atoms with Crippen molar-refractivity contribution in [1.29, 1.82) is 0 Å². The van der Waals surface area contributed by atoms with Crippen molar-refractivity contribution in [2.75, 3.05) is 0 Å². The molecule has 0 saturated heterocycles. The smallest absolute Gasteiger partial charge is 0.139 e. The molecule has 0 spiro atoms. The van der Waals surface area contributed by atoms with Gasteiger partial charge in [-0.15, -0.1) is 5.10 Å². The quantitative estimate of drug-likeness (QED) is 0.622. The van der Waals surface area contributed by atoms with Crippen LogP contribution in [0.15, 0.2) is 60.8 Å². The van der Waals surface area contributed by atoms with E-state index in [0.29, 0.717) is 0 Å². The Balaban J connectivity index is 1.97. The summed E-state index contributed by atoms with van der Waals surface area (Å²) in [6, 6.07) is 18.3. The molecule has 0 aliphatic rings. The van der Waals surface area contributed by atoms with Crippen LogP contribution in [-0.4, -0.2) is 22.8 Å². The molecule has 0 fully saturated rings. The van der Waals surface area contributed by atoms with Crippen LogP contribution in [0.3, 0.4) is 0 Å². The third-order valence-electron chi connectivity index (χ3n) is 2.86. The van der Waals surface area contributed by atoms with Gasteiger partial charge in [-0.05, 0) is 12.1 Å². The first-order valence-electron chi connectivity index (χ1n) is 5.88. The highest BCUT2D eigenvalue weighted by Crippen LogP contribution is 2.16. The largest absolute Gasteiger partial charge is 0.220 e. The zero-order valence-electron chi connectivity index (χ0n) is 10.1. The molecule has 3 rings (SSSR count). The maximum absolute atomic E-state index is 4.21. The van der Waals surface area contributed by atoms with Gasteiger partial charge < -0.3 is 0 Å². The summed E-state index contributed by atoms with van der Waals surface area (Å²) in [5.74, 6) is 0. The summed E-state index contributed by atoms with van der Waals surface area (Å²) in [4.78, 5) is 0. The van der Waals surface area contributed by atoms with Crippen molar-refractivity contribution in [3.05, 3.63) is 60.8 Å². The number of rotatable bonds is 2. The second-order valence-corrected chi connectivity index (χ2v) is 4.25. The van der Waals surface area contributed by atoms with Crippen LogP contribution in [0.1, 0.15) is 0 Å². The number of para-hydroxylation sites is 1. The molecule has 0 amide bonds. The lowest BCUT2D eigenvalue weighted by atomic mass is 9.95. The Hall–Kier alpha value is -2.36. The molecule has 0 N–H and O–H groups in total. The third-order valence-corrected chi connectivity index (χ3v) is 2.86. The van der Waals surface area contributed by atoms with E-state index in [4.69, 9.17) is 0 Å². The summed E-state index contributed by atoms with van der Waals surface area (Å²) < 4.78 is 1.79. The molecule has 1 aromatic heterocycles. The maximum atomic E-state index is 4.21. The lowest BCUT2D eigenvalue weighted by Crippen LogP contribution is -1.99. The number of hydrogen-bond acceptors (Lipinski definition) is 2. The summed E-state index contributed by atoms with van der Waals surface area (Å²) in [6.07, 6.45) is 1.94. The van der Waals surface area contributed by atoms with Gasteiger partial charge in [-0.3, -0.25) is 0 Å². The molecular weight excluding hydrogens is 221 g/mol. The molecule has 0 unspecified atom stereocenters. The minimum atomic E-state index is 0.888. The van der Waals surface area contributed by atoms with E-state index in [1.54, 1.807) is 4.68 Å². The Morgan fingerprint density at radius 1 is 0.889 bits per heavy atom. The predicted molar refractivity (Wildman–Crippen MR) is 75.0 cm³/mol. The van der Waals surface area contributed by atoms with E-state index in [1.807, 2.05) is 36.5 Å². The van der Waals surface area contributed by atoms with Crippen LogP contribution in [0, 0.1) is 0 Å². The van der Waals surface area contributed by atoms with Crippen LogP contribution < -0.4 is 5.46 Å². The molecule has 1 heterocycles. The van der Waals surface area contributed by atoms with Crippen LogP contribution in [0.5, 0.6) is 0 Å². The van der Waals surface area contributed by atoms with E-state index in [0.717, 1.165) is 16.9 Å². The molecule has 0 radical (unpaired) electrons. The molecule has 3 aromatic rings. The van der Waals surface area contributed by atoms with E-state index in [9.17, 15) is 0 Å². The van der Waals surface area contributed by atoms with Crippen molar-refractivity contribution in [2.24, 2.45) is 0 Å². The first-order valence-corrected chi connectivity index (χ1v) is 5.88. The summed E-state index contributed by atoms with van der Waals surface area (Å²) in [7, 11) is 2.07. The molecule has 0 atom stereocenters. The van der Waals surface area contributed by atoms with Gasteiger partial charge in [0.1, 0.15) is 13.5 Å². The lowest BCUT2D eigenvalue weighted by molar-refractivity contribution is 0.804. The van der Waals surface area contributed by atoms with E-state index in [1.165, 1.54) is 5.46 Å². The van der Waals surface area contributed by atoms with E-state index >= 15 is 0 Å². The molecule has 4 heteroatoms. The summed E-state index contributed by atoms with van der Waals surface area (Å²) >= 11 is 0. The molecular formula is C14H12BN3. The second-order valence-electron chi connectivity index (χ2n) is 4.25. The van der Waals surface area contributed by atoms with Gasteiger partial charge in [-0.25, -0.2) is 4.68 Å². The highest BCUT2D eigenvalue weighted by molar-refractivity contribution is 6.32. The standard InChI is InChI=1S/C14H12BN3/c15-12-8-6-11(7-9-12)14-10-18(17-16-14)13-4-2-1-3-5-13/h1-10H,15H2. The maximum Gasteiger partial charge on any atom is 0.139 e. The van der Waals surface area contributed by atoms with Gasteiger partial charge in [0.25, 0.3) is 0 Å². The lowest BCUT2D eigenvalue weighted by Gasteiger charge is -1.98. The Kier molecular flexibility index (Phi) is 2.69. The first-order chi connectivity index (χ1) is 8.83. The van der Waals surface area contributed by atoms with E-state index < -0.39 is 0 Å². The van der Waals surface area contributed by atoms with Crippen LogP contribution in [-0.2, 0) is 0 Å². The molecule has 18 heavy (non-hydrogen) atoms. The summed E-state index contributed by atoms with van der Waals surface area (Å²) in [5, 5.41) is 8.36. The van der Waals surface area contributed by atoms with Crippen molar-refractivity contribution < 1.29 is 0 Å². The summed E-state index contributed by atoms with van der Waals surface area (Å²) in [6.45, 7) is 0. The molecule has 0 bridgehead atoms. The molecule has 0 saturated carbocycles. The van der Waals surface area contributed by atoms with Crippen LogP contribution in [0.25, 0.3) is 16.9 Å². The Bertz CT molecular complexity index is 644. The fraction of sp³-hybridized carbons (Fsp3) is 0. The molecule has 86 valence electrons. The highest BCUT2D eigenvalue weighted by Gasteiger charge is 2.04. The van der Waals surface area contributed by atoms with Gasteiger partial charge in [-0.2, -0.15) is 0 Å². The SMILES string of the molecule is Bc1ccc(-c2cn(-c3ccccc3)nn2)cc1. The van der Waals surface area contributed by atoms with Crippen LogP contribution in [0.4, 0.5) is 0 Å². The number of aromatic nitrogens is 3. The Labute approximate surface area is 106 Å². The monoisotopic (exact) mass is 233 g/mol. The molecule has 2 aromatic carbocycles. The Morgan fingerprint density at radius 2 is 1.61 bits per heavy atom. The first kappa shape index (κ1) is 10.8. The van der Waals surface area contributed by atoms with Gasteiger partial charge in [0.15, 0.2) is 0 Å². The minimum absolute atomic E-state index is 0.888.